The number of carbonyl (C=O) groups is 1. The van der Waals surface area contributed by atoms with Crippen molar-refractivity contribution in [3.63, 3.8) is 0 Å². The van der Waals surface area contributed by atoms with Crippen molar-refractivity contribution in [1.29, 1.82) is 0 Å². The van der Waals surface area contributed by atoms with Gasteiger partial charge in [0.25, 0.3) is 0 Å². The Morgan fingerprint density at radius 1 is 1.03 bits per heavy atom. The Morgan fingerprint density at radius 3 is 2.57 bits per heavy atom. The fourth-order valence-corrected chi connectivity index (χ4v) is 5.34. The minimum Gasteiger partial charge on any atom is -0.378 e. The normalized spacial score (nSPS) is 23.7. The summed E-state index contributed by atoms with van der Waals surface area (Å²) in [4.78, 5) is 31.7. The molecule has 1 aliphatic carbocycles. The second-order valence-electron chi connectivity index (χ2n) is 10.5. The molecule has 0 spiro atoms. The standard InChI is InChI=1S/C26H35N7O2/c34-25(31-23-14-27-15-24(30-23)32-9-1-2-10-32)26(17-35-18-26)22-8-7-21(13-29-22)33-11-3-4-20(16-33)28-12-19-5-6-19/h7-8,13-15,19-20,28H,1-6,9-12,16-18H2,(H,30,31,34)/t20-/m1/s1. The third kappa shape index (κ3) is 4.84. The lowest BCUT2D eigenvalue weighted by molar-refractivity contribution is -0.140. The zero-order chi connectivity index (χ0) is 23.7. The van der Waals surface area contributed by atoms with Gasteiger partial charge in [0.15, 0.2) is 5.82 Å². The Bertz CT molecular complexity index is 1030. The summed E-state index contributed by atoms with van der Waals surface area (Å²) >= 11 is 0. The highest BCUT2D eigenvalue weighted by atomic mass is 16.5. The summed E-state index contributed by atoms with van der Waals surface area (Å²) in [7, 11) is 0. The van der Waals surface area contributed by atoms with E-state index in [-0.39, 0.29) is 5.91 Å². The summed E-state index contributed by atoms with van der Waals surface area (Å²) in [5, 5.41) is 6.73. The number of piperidine rings is 1. The number of hydrogen-bond acceptors (Lipinski definition) is 8. The predicted octanol–water partition coefficient (Wildman–Crippen LogP) is 2.35. The van der Waals surface area contributed by atoms with Crippen LogP contribution in [-0.2, 0) is 14.9 Å². The Hall–Kier alpha value is -2.78. The van der Waals surface area contributed by atoms with Gasteiger partial charge in [-0.05, 0) is 63.1 Å². The zero-order valence-electron chi connectivity index (χ0n) is 20.3. The van der Waals surface area contributed by atoms with Crippen LogP contribution in [0.2, 0.25) is 0 Å². The highest BCUT2D eigenvalue weighted by molar-refractivity contribution is 5.99. The molecule has 3 aliphatic heterocycles. The van der Waals surface area contributed by atoms with Crippen molar-refractivity contribution >= 4 is 23.2 Å². The van der Waals surface area contributed by atoms with Crippen LogP contribution in [0.5, 0.6) is 0 Å². The number of rotatable bonds is 8. The lowest BCUT2D eigenvalue weighted by atomic mass is 9.81. The van der Waals surface area contributed by atoms with Crippen LogP contribution < -0.4 is 20.4 Å². The lowest BCUT2D eigenvalue weighted by Crippen LogP contribution is -2.56. The molecule has 35 heavy (non-hydrogen) atoms. The van der Waals surface area contributed by atoms with Crippen molar-refractivity contribution in [2.45, 2.75) is 50.0 Å². The third-order valence-corrected chi connectivity index (χ3v) is 7.84. The van der Waals surface area contributed by atoms with Crippen molar-refractivity contribution in [1.82, 2.24) is 20.3 Å². The molecule has 9 heteroatoms. The van der Waals surface area contributed by atoms with E-state index < -0.39 is 5.41 Å². The van der Waals surface area contributed by atoms with Crippen LogP contribution in [0.3, 0.4) is 0 Å². The first-order chi connectivity index (χ1) is 17.2. The van der Waals surface area contributed by atoms with Crippen molar-refractivity contribution in [2.24, 2.45) is 5.92 Å². The third-order valence-electron chi connectivity index (χ3n) is 7.84. The van der Waals surface area contributed by atoms with E-state index in [0.717, 1.165) is 68.7 Å². The van der Waals surface area contributed by atoms with Crippen LogP contribution in [0, 0.1) is 5.92 Å². The molecule has 1 atom stereocenters. The number of ether oxygens (including phenoxy) is 1. The summed E-state index contributed by atoms with van der Waals surface area (Å²) in [5.41, 5.74) is 1.07. The van der Waals surface area contributed by atoms with Gasteiger partial charge in [0.2, 0.25) is 5.91 Å². The quantitative estimate of drug-likeness (QED) is 0.598. The maximum atomic E-state index is 13.4. The molecule has 186 valence electrons. The molecule has 4 aliphatic rings. The molecular formula is C26H35N7O2. The largest absolute Gasteiger partial charge is 0.378 e. The SMILES string of the molecule is O=C(Nc1cncc(N2CCCC2)n1)C1(c2ccc(N3CCC[C@@H](NCC4CC4)C3)cn2)COC1. The number of anilines is 3. The second kappa shape index (κ2) is 9.70. The number of aromatic nitrogens is 3. The Labute approximate surface area is 206 Å². The molecule has 2 aromatic rings. The van der Waals surface area contributed by atoms with E-state index in [1.165, 1.54) is 25.7 Å². The first kappa shape index (κ1) is 22.7. The van der Waals surface area contributed by atoms with Gasteiger partial charge in [0, 0.05) is 32.2 Å². The summed E-state index contributed by atoms with van der Waals surface area (Å²) in [6.07, 6.45) is 12.8. The minimum absolute atomic E-state index is 0.140. The van der Waals surface area contributed by atoms with E-state index in [4.69, 9.17) is 9.72 Å². The van der Waals surface area contributed by atoms with Gasteiger partial charge in [-0.25, -0.2) is 4.98 Å². The summed E-state index contributed by atoms with van der Waals surface area (Å²) < 4.78 is 5.50. The van der Waals surface area contributed by atoms with Crippen LogP contribution in [0.25, 0.3) is 0 Å². The van der Waals surface area contributed by atoms with Gasteiger partial charge >= 0.3 is 0 Å². The van der Waals surface area contributed by atoms with E-state index in [1.807, 2.05) is 12.3 Å². The van der Waals surface area contributed by atoms with Gasteiger partial charge in [-0.3, -0.25) is 14.8 Å². The van der Waals surface area contributed by atoms with Gasteiger partial charge in [0.05, 0.1) is 43.2 Å². The van der Waals surface area contributed by atoms with Crippen molar-refractivity contribution in [3.05, 3.63) is 36.4 Å². The maximum absolute atomic E-state index is 13.4. The first-order valence-electron chi connectivity index (χ1n) is 13.1. The molecule has 9 nitrogen and oxygen atoms in total. The van der Waals surface area contributed by atoms with E-state index in [2.05, 4.69) is 36.5 Å². The van der Waals surface area contributed by atoms with Crippen molar-refractivity contribution in [3.8, 4) is 0 Å². The minimum atomic E-state index is -0.792. The molecule has 5 heterocycles. The van der Waals surface area contributed by atoms with Gasteiger partial charge in [-0.1, -0.05) is 0 Å². The molecule has 3 saturated heterocycles. The molecule has 0 unspecified atom stereocenters. The van der Waals surface area contributed by atoms with Gasteiger partial charge in [-0.2, -0.15) is 0 Å². The Balaban J connectivity index is 1.12. The fraction of sp³-hybridized carbons (Fsp3) is 0.615. The monoisotopic (exact) mass is 477 g/mol. The van der Waals surface area contributed by atoms with E-state index in [9.17, 15) is 4.79 Å². The second-order valence-corrected chi connectivity index (χ2v) is 10.5. The van der Waals surface area contributed by atoms with E-state index in [0.29, 0.717) is 25.1 Å². The molecule has 6 rings (SSSR count). The molecule has 0 aromatic carbocycles. The smallest absolute Gasteiger partial charge is 0.242 e. The van der Waals surface area contributed by atoms with Crippen LogP contribution in [0.1, 0.15) is 44.2 Å². The number of amides is 1. The van der Waals surface area contributed by atoms with Crippen molar-refractivity contribution < 1.29 is 9.53 Å². The summed E-state index contributed by atoms with van der Waals surface area (Å²) in [6, 6.07) is 4.64. The predicted molar refractivity (Wildman–Crippen MR) is 135 cm³/mol. The molecule has 0 bridgehead atoms. The van der Waals surface area contributed by atoms with Crippen LogP contribution in [0.15, 0.2) is 30.7 Å². The van der Waals surface area contributed by atoms with Crippen LogP contribution in [-0.4, -0.2) is 72.8 Å². The van der Waals surface area contributed by atoms with Crippen molar-refractivity contribution in [2.75, 3.05) is 61.1 Å². The molecule has 4 fully saturated rings. The topological polar surface area (TPSA) is 95.5 Å². The van der Waals surface area contributed by atoms with Crippen LogP contribution >= 0.6 is 0 Å². The fourth-order valence-electron chi connectivity index (χ4n) is 5.34. The number of carbonyl (C=O) groups excluding carboxylic acids is 1. The molecule has 2 aromatic heterocycles. The lowest BCUT2D eigenvalue weighted by Gasteiger charge is -2.39. The highest BCUT2D eigenvalue weighted by Crippen LogP contribution is 2.34. The average molecular weight is 478 g/mol. The summed E-state index contributed by atoms with van der Waals surface area (Å²) in [5.74, 6) is 2.04. The summed E-state index contributed by atoms with van der Waals surface area (Å²) in [6.45, 7) is 5.81. The molecular weight excluding hydrogens is 442 g/mol. The molecule has 2 N–H and O–H groups in total. The van der Waals surface area contributed by atoms with E-state index in [1.54, 1.807) is 12.4 Å². The van der Waals surface area contributed by atoms with Gasteiger partial charge in [-0.15, -0.1) is 0 Å². The number of nitrogens with one attached hydrogen (secondary N) is 2. The zero-order valence-corrected chi connectivity index (χ0v) is 20.3. The molecule has 1 amide bonds. The van der Waals surface area contributed by atoms with Gasteiger partial charge < -0.3 is 25.2 Å². The Kier molecular flexibility index (Phi) is 6.28. The highest BCUT2D eigenvalue weighted by Gasteiger charge is 2.49. The molecule has 1 saturated carbocycles. The first-order valence-corrected chi connectivity index (χ1v) is 13.1. The molecule has 0 radical (unpaired) electrons. The Morgan fingerprint density at radius 2 is 1.86 bits per heavy atom. The van der Waals surface area contributed by atoms with Crippen LogP contribution in [0.4, 0.5) is 17.3 Å². The van der Waals surface area contributed by atoms with Gasteiger partial charge in [0.1, 0.15) is 11.2 Å². The number of hydrogen-bond donors (Lipinski definition) is 2. The average Bonchev–Trinajstić information content (AvgIpc) is 3.53. The number of nitrogens with zero attached hydrogens (tertiary/aromatic N) is 5. The maximum Gasteiger partial charge on any atom is 0.242 e. The number of pyridine rings is 1. The van der Waals surface area contributed by atoms with E-state index >= 15 is 0 Å².